The molecule has 2 unspecified atom stereocenters. The lowest BCUT2D eigenvalue weighted by Crippen LogP contribution is -2.30. The van der Waals surface area contributed by atoms with Crippen molar-refractivity contribution >= 4 is 0 Å². The van der Waals surface area contributed by atoms with Crippen LogP contribution in [0.25, 0.3) is 0 Å². The third-order valence-electron chi connectivity index (χ3n) is 3.50. The van der Waals surface area contributed by atoms with Gasteiger partial charge in [-0.05, 0) is 43.7 Å². The molecule has 0 amide bonds. The van der Waals surface area contributed by atoms with Crippen LogP contribution < -0.4 is 5.73 Å². The van der Waals surface area contributed by atoms with E-state index < -0.39 is 0 Å². The molecular formula is C14H21NO. The maximum atomic E-state index is 6.32. The topological polar surface area (TPSA) is 35.2 Å². The van der Waals surface area contributed by atoms with Crippen LogP contribution in [0.2, 0.25) is 0 Å². The molecule has 1 saturated carbocycles. The van der Waals surface area contributed by atoms with Gasteiger partial charge in [0.1, 0.15) is 0 Å². The largest absolute Gasteiger partial charge is 0.379 e. The Kier molecular flexibility index (Phi) is 3.31. The van der Waals surface area contributed by atoms with E-state index in [1.54, 1.807) is 7.11 Å². The molecule has 1 aliphatic carbocycles. The number of hydrogen-bond acceptors (Lipinski definition) is 2. The van der Waals surface area contributed by atoms with Gasteiger partial charge in [0.05, 0.1) is 12.1 Å². The molecule has 0 heterocycles. The highest BCUT2D eigenvalue weighted by Crippen LogP contribution is 2.39. The predicted octanol–water partition coefficient (Wildman–Crippen LogP) is 2.73. The first-order valence-corrected chi connectivity index (χ1v) is 5.99. The molecule has 0 aliphatic heterocycles. The van der Waals surface area contributed by atoms with Gasteiger partial charge in [0.15, 0.2) is 0 Å². The molecule has 88 valence electrons. The van der Waals surface area contributed by atoms with Crippen molar-refractivity contribution < 1.29 is 4.74 Å². The predicted molar refractivity (Wildman–Crippen MR) is 66.4 cm³/mol. The molecule has 0 bridgehead atoms. The van der Waals surface area contributed by atoms with Gasteiger partial charge in [0, 0.05) is 7.11 Å². The molecule has 2 nitrogen and oxygen atoms in total. The van der Waals surface area contributed by atoms with Crippen molar-refractivity contribution in [1.82, 2.24) is 0 Å². The number of rotatable bonds is 4. The zero-order valence-corrected chi connectivity index (χ0v) is 10.4. The van der Waals surface area contributed by atoms with Crippen molar-refractivity contribution in [3.8, 4) is 0 Å². The second kappa shape index (κ2) is 4.56. The average Bonchev–Trinajstić information content (AvgIpc) is 3.02. The SMILES string of the molecule is COC(C1CC1)C(N)c1ccc(C)cc1C. The van der Waals surface area contributed by atoms with Crippen molar-refractivity contribution in [3.63, 3.8) is 0 Å². The van der Waals surface area contributed by atoms with E-state index in [-0.39, 0.29) is 12.1 Å². The Balaban J connectivity index is 2.21. The number of aryl methyl sites for hydroxylation is 2. The van der Waals surface area contributed by atoms with Crippen LogP contribution in [0.15, 0.2) is 18.2 Å². The van der Waals surface area contributed by atoms with Gasteiger partial charge in [-0.3, -0.25) is 0 Å². The number of ether oxygens (including phenoxy) is 1. The molecule has 0 saturated heterocycles. The summed E-state index contributed by atoms with van der Waals surface area (Å²) in [6.07, 6.45) is 2.70. The fraction of sp³-hybridized carbons (Fsp3) is 0.571. The highest BCUT2D eigenvalue weighted by atomic mass is 16.5. The van der Waals surface area contributed by atoms with Crippen molar-refractivity contribution in [1.29, 1.82) is 0 Å². The van der Waals surface area contributed by atoms with Crippen molar-refractivity contribution in [2.24, 2.45) is 11.7 Å². The van der Waals surface area contributed by atoms with E-state index in [2.05, 4.69) is 32.0 Å². The molecule has 2 rings (SSSR count). The summed E-state index contributed by atoms with van der Waals surface area (Å²) in [5.74, 6) is 0.667. The van der Waals surface area contributed by atoms with Crippen LogP contribution in [0.1, 0.15) is 35.6 Å². The Morgan fingerprint density at radius 1 is 1.31 bits per heavy atom. The summed E-state index contributed by atoms with van der Waals surface area (Å²) in [4.78, 5) is 0. The van der Waals surface area contributed by atoms with Gasteiger partial charge in [-0.1, -0.05) is 23.8 Å². The molecule has 2 atom stereocenters. The second-order valence-corrected chi connectivity index (χ2v) is 4.92. The van der Waals surface area contributed by atoms with Crippen molar-refractivity contribution in [2.45, 2.75) is 38.8 Å². The normalized spacial score (nSPS) is 19.5. The standard InChI is InChI=1S/C14H21NO/c1-9-4-7-12(10(2)8-9)13(15)14(16-3)11-5-6-11/h4,7-8,11,13-14H,5-6,15H2,1-3H3. The van der Waals surface area contributed by atoms with E-state index in [1.165, 1.54) is 29.5 Å². The van der Waals surface area contributed by atoms with E-state index >= 15 is 0 Å². The lowest BCUT2D eigenvalue weighted by molar-refractivity contribution is 0.0622. The molecule has 2 N–H and O–H groups in total. The first-order chi connectivity index (χ1) is 7.63. The quantitative estimate of drug-likeness (QED) is 0.845. The van der Waals surface area contributed by atoms with Crippen LogP contribution in [0.4, 0.5) is 0 Å². The van der Waals surface area contributed by atoms with Crippen LogP contribution >= 0.6 is 0 Å². The second-order valence-electron chi connectivity index (χ2n) is 4.92. The summed E-state index contributed by atoms with van der Waals surface area (Å²) in [6, 6.07) is 6.47. The summed E-state index contributed by atoms with van der Waals surface area (Å²) in [7, 11) is 1.77. The maximum Gasteiger partial charge on any atom is 0.0791 e. The van der Waals surface area contributed by atoms with Crippen LogP contribution in [0.5, 0.6) is 0 Å². The number of benzene rings is 1. The molecule has 1 aromatic rings. The first kappa shape index (κ1) is 11.6. The van der Waals surface area contributed by atoms with E-state index in [0.29, 0.717) is 5.92 Å². The maximum absolute atomic E-state index is 6.32. The van der Waals surface area contributed by atoms with E-state index in [9.17, 15) is 0 Å². The first-order valence-electron chi connectivity index (χ1n) is 5.99. The highest BCUT2D eigenvalue weighted by Gasteiger charge is 2.36. The molecule has 0 radical (unpaired) electrons. The lowest BCUT2D eigenvalue weighted by Gasteiger charge is -2.24. The molecule has 1 aliphatic rings. The number of methoxy groups -OCH3 is 1. The molecule has 1 fully saturated rings. The van der Waals surface area contributed by atoms with Gasteiger partial charge in [-0.25, -0.2) is 0 Å². The minimum Gasteiger partial charge on any atom is -0.379 e. The fourth-order valence-corrected chi connectivity index (χ4v) is 2.43. The summed E-state index contributed by atoms with van der Waals surface area (Å²) < 4.78 is 5.55. The van der Waals surface area contributed by atoms with Gasteiger partial charge in [-0.15, -0.1) is 0 Å². The molecule has 0 aromatic heterocycles. The zero-order chi connectivity index (χ0) is 11.7. The summed E-state index contributed by atoms with van der Waals surface area (Å²) in [5, 5.41) is 0. The Hall–Kier alpha value is -0.860. The van der Waals surface area contributed by atoms with Crippen LogP contribution in [-0.2, 0) is 4.74 Å². The Morgan fingerprint density at radius 3 is 2.50 bits per heavy atom. The van der Waals surface area contributed by atoms with Crippen LogP contribution in [0.3, 0.4) is 0 Å². The molecule has 16 heavy (non-hydrogen) atoms. The summed E-state index contributed by atoms with van der Waals surface area (Å²) in [6.45, 7) is 4.23. The lowest BCUT2D eigenvalue weighted by atomic mass is 9.94. The minimum atomic E-state index is 0.0121. The summed E-state index contributed by atoms with van der Waals surface area (Å²) in [5.41, 5.74) is 10.1. The molecule has 1 aromatic carbocycles. The van der Waals surface area contributed by atoms with Gasteiger partial charge in [0.2, 0.25) is 0 Å². The molecule has 0 spiro atoms. The Labute approximate surface area is 97.8 Å². The van der Waals surface area contributed by atoms with E-state index in [4.69, 9.17) is 10.5 Å². The minimum absolute atomic E-state index is 0.0121. The van der Waals surface area contributed by atoms with Gasteiger partial charge in [0.25, 0.3) is 0 Å². The Bertz CT molecular complexity index is 371. The Morgan fingerprint density at radius 2 is 2.00 bits per heavy atom. The van der Waals surface area contributed by atoms with E-state index in [0.717, 1.165) is 0 Å². The van der Waals surface area contributed by atoms with E-state index in [1.807, 2.05) is 0 Å². The number of nitrogens with two attached hydrogens (primary N) is 1. The van der Waals surface area contributed by atoms with Crippen LogP contribution in [-0.4, -0.2) is 13.2 Å². The summed E-state index contributed by atoms with van der Waals surface area (Å²) >= 11 is 0. The average molecular weight is 219 g/mol. The smallest absolute Gasteiger partial charge is 0.0791 e. The van der Waals surface area contributed by atoms with Gasteiger partial charge >= 0.3 is 0 Å². The van der Waals surface area contributed by atoms with Gasteiger partial charge in [-0.2, -0.15) is 0 Å². The third kappa shape index (κ3) is 2.28. The van der Waals surface area contributed by atoms with Gasteiger partial charge < -0.3 is 10.5 Å². The monoisotopic (exact) mass is 219 g/mol. The highest BCUT2D eigenvalue weighted by molar-refractivity contribution is 5.33. The van der Waals surface area contributed by atoms with Crippen molar-refractivity contribution in [3.05, 3.63) is 34.9 Å². The zero-order valence-electron chi connectivity index (χ0n) is 10.4. The number of hydrogen-bond donors (Lipinski definition) is 1. The molecular weight excluding hydrogens is 198 g/mol. The fourth-order valence-electron chi connectivity index (χ4n) is 2.43. The molecule has 2 heteroatoms. The van der Waals surface area contributed by atoms with Crippen LogP contribution in [0, 0.1) is 19.8 Å². The third-order valence-corrected chi connectivity index (χ3v) is 3.50. The van der Waals surface area contributed by atoms with Crippen molar-refractivity contribution in [2.75, 3.05) is 7.11 Å².